The van der Waals surface area contributed by atoms with E-state index >= 15 is 0 Å². The molecule has 1 saturated carbocycles. The van der Waals surface area contributed by atoms with Crippen molar-refractivity contribution in [1.82, 2.24) is 0 Å². The van der Waals surface area contributed by atoms with Gasteiger partial charge in [-0.15, -0.1) is 0 Å². The van der Waals surface area contributed by atoms with E-state index in [9.17, 15) is 9.59 Å². The maximum atomic E-state index is 12.8. The van der Waals surface area contributed by atoms with Crippen LogP contribution in [0.2, 0.25) is 5.02 Å². The highest BCUT2D eigenvalue weighted by Crippen LogP contribution is 2.60. The average Bonchev–Trinajstić information content (AvgIpc) is 3.03. The summed E-state index contributed by atoms with van der Waals surface area (Å²) in [5.41, 5.74) is 0.0151. The van der Waals surface area contributed by atoms with Crippen molar-refractivity contribution in [3.05, 3.63) is 41.4 Å². The molecule has 1 saturated heterocycles. The lowest BCUT2D eigenvalue weighted by molar-refractivity contribution is -0.127. The minimum Gasteiger partial charge on any atom is -0.274 e. The van der Waals surface area contributed by atoms with Gasteiger partial charge >= 0.3 is 0 Å². The molecule has 3 aliphatic rings. The maximum Gasteiger partial charge on any atom is 0.241 e. The molecule has 4 atom stereocenters. The van der Waals surface area contributed by atoms with Crippen LogP contribution in [0.3, 0.4) is 0 Å². The first-order valence-corrected chi connectivity index (χ1v) is 7.23. The number of amides is 2. The molecular weight excluding hydrogens is 274 g/mol. The summed E-state index contributed by atoms with van der Waals surface area (Å²) in [6, 6.07) is 6.95. The molecule has 4 heteroatoms. The fourth-order valence-electron chi connectivity index (χ4n) is 4.17. The molecule has 2 amide bonds. The summed E-state index contributed by atoms with van der Waals surface area (Å²) in [5.74, 6) is 0.0518. The SMILES string of the molecule is C[C@@]12C(=O)N(c3cccc(Cl)c3)C(=O)[C@H]1[C@@H]1C=C[C@H]2C1. The molecule has 0 aromatic heterocycles. The van der Waals surface area contributed by atoms with Crippen LogP contribution >= 0.6 is 11.6 Å². The van der Waals surface area contributed by atoms with Gasteiger partial charge in [-0.1, -0.05) is 29.8 Å². The van der Waals surface area contributed by atoms with Crippen molar-refractivity contribution in [2.45, 2.75) is 13.3 Å². The minimum absolute atomic E-state index is 0.0726. The van der Waals surface area contributed by atoms with E-state index in [1.165, 1.54) is 4.90 Å². The third-order valence-corrected chi connectivity index (χ3v) is 5.41. The number of rotatable bonds is 1. The summed E-state index contributed by atoms with van der Waals surface area (Å²) in [7, 11) is 0. The molecule has 1 aromatic rings. The van der Waals surface area contributed by atoms with E-state index in [1.54, 1.807) is 24.3 Å². The quantitative estimate of drug-likeness (QED) is 0.588. The van der Waals surface area contributed by atoms with Crippen LogP contribution in [0.1, 0.15) is 13.3 Å². The molecule has 0 radical (unpaired) electrons. The van der Waals surface area contributed by atoms with Crippen molar-refractivity contribution in [1.29, 1.82) is 0 Å². The number of benzene rings is 1. The highest BCUT2D eigenvalue weighted by molar-refractivity contribution is 6.31. The molecule has 1 aliphatic heterocycles. The molecule has 3 nitrogen and oxygen atoms in total. The molecule has 20 heavy (non-hydrogen) atoms. The highest BCUT2D eigenvalue weighted by atomic mass is 35.5. The van der Waals surface area contributed by atoms with Gasteiger partial charge in [0.15, 0.2) is 0 Å². The van der Waals surface area contributed by atoms with Gasteiger partial charge in [0.2, 0.25) is 11.8 Å². The number of carbonyl (C=O) groups excluding carboxylic acids is 2. The number of anilines is 1. The third-order valence-electron chi connectivity index (χ3n) is 5.18. The number of fused-ring (bicyclic) bond motifs is 5. The summed E-state index contributed by atoms with van der Waals surface area (Å²) >= 11 is 5.98. The topological polar surface area (TPSA) is 37.4 Å². The van der Waals surface area contributed by atoms with E-state index in [4.69, 9.17) is 11.6 Å². The summed E-state index contributed by atoms with van der Waals surface area (Å²) in [6.07, 6.45) is 5.14. The first kappa shape index (κ1) is 12.2. The Morgan fingerprint density at radius 2 is 2.10 bits per heavy atom. The fourth-order valence-corrected chi connectivity index (χ4v) is 4.35. The van der Waals surface area contributed by atoms with Crippen molar-refractivity contribution >= 4 is 29.1 Å². The van der Waals surface area contributed by atoms with Crippen LogP contribution in [0.25, 0.3) is 0 Å². The zero-order chi connectivity index (χ0) is 14.1. The van der Waals surface area contributed by atoms with Gasteiger partial charge in [-0.2, -0.15) is 0 Å². The summed E-state index contributed by atoms with van der Waals surface area (Å²) in [4.78, 5) is 26.9. The van der Waals surface area contributed by atoms with E-state index < -0.39 is 5.41 Å². The smallest absolute Gasteiger partial charge is 0.241 e. The Labute approximate surface area is 122 Å². The second-order valence-corrected chi connectivity index (χ2v) is 6.55. The number of imide groups is 1. The normalized spacial score (nSPS) is 37.9. The number of nitrogens with zero attached hydrogens (tertiary/aromatic N) is 1. The van der Waals surface area contributed by atoms with Gasteiger partial charge in [-0.25, -0.2) is 4.90 Å². The largest absolute Gasteiger partial charge is 0.274 e. The lowest BCUT2D eigenvalue weighted by Gasteiger charge is -2.28. The standard InChI is InChI=1S/C16H14ClNO2/c1-16-10-6-5-9(7-10)13(16)14(19)18(15(16)20)12-4-2-3-11(17)8-12/h2-6,8-10,13H,7H2,1H3/t9-,10+,13-,16+/m1/s1. The van der Waals surface area contributed by atoms with Crippen LogP contribution in [-0.4, -0.2) is 11.8 Å². The van der Waals surface area contributed by atoms with E-state index in [0.717, 1.165) is 6.42 Å². The second kappa shape index (κ2) is 3.73. The molecule has 0 unspecified atom stereocenters. The molecular formula is C16H14ClNO2. The van der Waals surface area contributed by atoms with Crippen LogP contribution in [0.5, 0.6) is 0 Å². The van der Waals surface area contributed by atoms with Crippen molar-refractivity contribution in [3.63, 3.8) is 0 Å². The number of halogens is 1. The van der Waals surface area contributed by atoms with Gasteiger partial charge in [0, 0.05) is 5.02 Å². The zero-order valence-electron chi connectivity index (χ0n) is 11.0. The third kappa shape index (κ3) is 1.27. The number of hydrogen-bond donors (Lipinski definition) is 0. The van der Waals surface area contributed by atoms with Gasteiger partial charge in [0.25, 0.3) is 0 Å². The Hall–Kier alpha value is -1.61. The van der Waals surface area contributed by atoms with Gasteiger partial charge in [0.1, 0.15) is 0 Å². The Kier molecular flexibility index (Phi) is 2.27. The summed E-state index contributed by atoms with van der Waals surface area (Å²) in [6.45, 7) is 1.94. The van der Waals surface area contributed by atoms with Crippen LogP contribution in [0, 0.1) is 23.2 Å². The lowest BCUT2D eigenvalue weighted by atomic mass is 9.71. The Morgan fingerprint density at radius 1 is 1.30 bits per heavy atom. The molecule has 2 bridgehead atoms. The zero-order valence-corrected chi connectivity index (χ0v) is 11.8. The molecule has 0 spiro atoms. The number of hydrogen-bond acceptors (Lipinski definition) is 2. The molecule has 4 rings (SSSR count). The molecule has 2 fully saturated rings. The van der Waals surface area contributed by atoms with Gasteiger partial charge in [-0.05, 0) is 43.4 Å². The Balaban J connectivity index is 1.82. The monoisotopic (exact) mass is 287 g/mol. The van der Waals surface area contributed by atoms with Gasteiger partial charge < -0.3 is 0 Å². The van der Waals surface area contributed by atoms with Crippen LogP contribution in [0.4, 0.5) is 5.69 Å². The fraction of sp³-hybridized carbons (Fsp3) is 0.375. The minimum atomic E-state index is -0.571. The highest BCUT2D eigenvalue weighted by Gasteiger charge is 2.67. The van der Waals surface area contributed by atoms with Crippen molar-refractivity contribution in [3.8, 4) is 0 Å². The average molecular weight is 288 g/mol. The van der Waals surface area contributed by atoms with E-state index in [2.05, 4.69) is 12.2 Å². The first-order valence-electron chi connectivity index (χ1n) is 6.86. The number of carbonyl (C=O) groups is 2. The molecule has 1 aromatic carbocycles. The number of allylic oxidation sites excluding steroid dienone is 2. The maximum absolute atomic E-state index is 12.8. The van der Waals surface area contributed by atoms with E-state index in [-0.39, 0.29) is 29.6 Å². The molecule has 0 N–H and O–H groups in total. The first-order chi connectivity index (χ1) is 9.53. The summed E-state index contributed by atoms with van der Waals surface area (Å²) in [5, 5.41) is 0.534. The van der Waals surface area contributed by atoms with Crippen LogP contribution in [-0.2, 0) is 9.59 Å². The Morgan fingerprint density at radius 3 is 2.80 bits per heavy atom. The van der Waals surface area contributed by atoms with Crippen molar-refractivity contribution < 1.29 is 9.59 Å². The Bertz CT molecular complexity index is 668. The van der Waals surface area contributed by atoms with Gasteiger partial charge in [-0.3, -0.25) is 9.59 Å². The van der Waals surface area contributed by atoms with E-state index in [0.29, 0.717) is 10.7 Å². The van der Waals surface area contributed by atoms with Gasteiger partial charge in [0.05, 0.1) is 17.0 Å². The molecule has 2 aliphatic carbocycles. The van der Waals surface area contributed by atoms with Crippen LogP contribution < -0.4 is 4.90 Å². The second-order valence-electron chi connectivity index (χ2n) is 6.11. The van der Waals surface area contributed by atoms with Crippen LogP contribution in [0.15, 0.2) is 36.4 Å². The lowest BCUT2D eigenvalue weighted by Crippen LogP contribution is -2.37. The molecule has 1 heterocycles. The summed E-state index contributed by atoms with van der Waals surface area (Å²) < 4.78 is 0. The van der Waals surface area contributed by atoms with Crippen molar-refractivity contribution in [2.75, 3.05) is 4.90 Å². The predicted molar refractivity (Wildman–Crippen MR) is 76.3 cm³/mol. The molecule has 102 valence electrons. The van der Waals surface area contributed by atoms with Crippen molar-refractivity contribution in [2.24, 2.45) is 23.2 Å². The predicted octanol–water partition coefficient (Wildman–Crippen LogP) is 3.04. The van der Waals surface area contributed by atoms with E-state index in [1.807, 2.05) is 6.92 Å².